The first-order valence-electron chi connectivity index (χ1n) is 11.8. The molecule has 0 radical (unpaired) electrons. The van der Waals surface area contributed by atoms with E-state index in [2.05, 4.69) is 10.3 Å². The minimum absolute atomic E-state index is 0.0365. The van der Waals surface area contributed by atoms with Crippen LogP contribution in [0.15, 0.2) is 82.1 Å². The summed E-state index contributed by atoms with van der Waals surface area (Å²) < 4.78 is 33.3. The third-order valence-corrected chi connectivity index (χ3v) is 8.49. The molecule has 1 amide bonds. The molecule has 1 heterocycles. The Morgan fingerprint density at radius 1 is 0.943 bits per heavy atom. The Kier molecular flexibility index (Phi) is 6.40. The van der Waals surface area contributed by atoms with Gasteiger partial charge in [0.25, 0.3) is 5.91 Å². The lowest BCUT2D eigenvalue weighted by molar-refractivity contribution is 0.102. The minimum atomic E-state index is -3.59. The Morgan fingerprint density at radius 2 is 1.63 bits per heavy atom. The third kappa shape index (κ3) is 4.85. The van der Waals surface area contributed by atoms with Crippen molar-refractivity contribution in [1.29, 1.82) is 0 Å². The summed E-state index contributed by atoms with van der Waals surface area (Å²) in [7, 11) is -1.94. The van der Waals surface area contributed by atoms with Gasteiger partial charge in [-0.15, -0.1) is 0 Å². The van der Waals surface area contributed by atoms with Crippen LogP contribution in [-0.4, -0.2) is 36.7 Å². The maximum absolute atomic E-state index is 13.0. The lowest BCUT2D eigenvalue weighted by Gasteiger charge is -2.30. The van der Waals surface area contributed by atoms with Crippen molar-refractivity contribution < 1.29 is 17.6 Å². The predicted octanol–water partition coefficient (Wildman–Crippen LogP) is 5.70. The lowest BCUT2D eigenvalue weighted by atomic mass is 9.96. The van der Waals surface area contributed by atoms with Crippen LogP contribution >= 0.6 is 0 Å². The average Bonchev–Trinajstić information content (AvgIpc) is 3.33. The van der Waals surface area contributed by atoms with Gasteiger partial charge in [-0.2, -0.15) is 4.31 Å². The van der Waals surface area contributed by atoms with E-state index in [1.54, 1.807) is 31.3 Å². The molecule has 3 aromatic carbocycles. The van der Waals surface area contributed by atoms with Crippen molar-refractivity contribution in [3.05, 3.63) is 78.4 Å². The van der Waals surface area contributed by atoms with Crippen LogP contribution in [0.1, 0.15) is 42.5 Å². The maximum atomic E-state index is 13.0. The topological polar surface area (TPSA) is 92.5 Å². The summed E-state index contributed by atoms with van der Waals surface area (Å²) in [6.07, 6.45) is 5.05. The number of oxazole rings is 1. The van der Waals surface area contributed by atoms with Gasteiger partial charge in [-0.1, -0.05) is 31.4 Å². The molecule has 0 bridgehead atoms. The number of carbonyl (C=O) groups excluding carboxylic acids is 1. The van der Waals surface area contributed by atoms with E-state index in [9.17, 15) is 13.2 Å². The van der Waals surface area contributed by atoms with E-state index in [0.29, 0.717) is 17.1 Å². The molecular formula is C27H27N3O4S. The Labute approximate surface area is 204 Å². The second-order valence-corrected chi connectivity index (χ2v) is 10.9. The van der Waals surface area contributed by atoms with Crippen LogP contribution in [0.4, 0.5) is 5.69 Å². The summed E-state index contributed by atoms with van der Waals surface area (Å²) in [4.78, 5) is 17.4. The van der Waals surface area contributed by atoms with Gasteiger partial charge >= 0.3 is 0 Å². The van der Waals surface area contributed by atoms with Crippen LogP contribution in [0.3, 0.4) is 0 Å². The molecule has 0 spiro atoms. The standard InChI is InChI=1S/C27H27N3O4S/c1-30(22-7-3-2-4-8-22)35(32,33)23-17-13-19(14-18-23)26(31)28-21-15-11-20(12-16-21)27-29-24-9-5-6-10-25(24)34-27/h5-6,9-18,22H,2-4,7-8H2,1H3,(H,28,31). The van der Waals surface area contributed by atoms with Crippen LogP contribution in [0.25, 0.3) is 22.6 Å². The fourth-order valence-corrected chi connectivity index (χ4v) is 5.90. The molecule has 1 aromatic heterocycles. The summed E-state index contributed by atoms with van der Waals surface area (Å²) in [5.41, 5.74) is 3.30. The van der Waals surface area contributed by atoms with Crippen molar-refractivity contribution in [1.82, 2.24) is 9.29 Å². The quantitative estimate of drug-likeness (QED) is 0.375. The van der Waals surface area contributed by atoms with Gasteiger partial charge in [-0.3, -0.25) is 4.79 Å². The number of aromatic nitrogens is 1. The van der Waals surface area contributed by atoms with E-state index in [1.165, 1.54) is 16.4 Å². The van der Waals surface area contributed by atoms with Crippen molar-refractivity contribution in [2.75, 3.05) is 12.4 Å². The van der Waals surface area contributed by atoms with Gasteiger partial charge in [0.05, 0.1) is 4.90 Å². The van der Waals surface area contributed by atoms with Crippen LogP contribution < -0.4 is 5.32 Å². The summed E-state index contributed by atoms with van der Waals surface area (Å²) in [5, 5.41) is 2.85. The SMILES string of the molecule is CN(C1CCCCC1)S(=O)(=O)c1ccc(C(=O)Nc2ccc(-c3nc4ccccc4o3)cc2)cc1. The fraction of sp³-hybridized carbons (Fsp3) is 0.259. The summed E-state index contributed by atoms with van der Waals surface area (Å²) >= 11 is 0. The van der Waals surface area contributed by atoms with Crippen molar-refractivity contribution in [3.63, 3.8) is 0 Å². The number of hydrogen-bond acceptors (Lipinski definition) is 5. The van der Waals surface area contributed by atoms with Gasteiger partial charge in [0.2, 0.25) is 15.9 Å². The van der Waals surface area contributed by atoms with Crippen LogP contribution in [0.2, 0.25) is 0 Å². The van der Waals surface area contributed by atoms with Gasteiger partial charge in [-0.05, 0) is 73.5 Å². The number of nitrogens with one attached hydrogen (secondary N) is 1. The number of anilines is 1. The number of nitrogens with zero attached hydrogens (tertiary/aromatic N) is 2. The highest BCUT2D eigenvalue weighted by molar-refractivity contribution is 7.89. The number of para-hydroxylation sites is 2. The van der Waals surface area contributed by atoms with Crippen LogP contribution in [-0.2, 0) is 10.0 Å². The van der Waals surface area contributed by atoms with E-state index in [0.717, 1.165) is 48.8 Å². The molecule has 1 fully saturated rings. The monoisotopic (exact) mass is 489 g/mol. The average molecular weight is 490 g/mol. The first-order valence-corrected chi connectivity index (χ1v) is 13.2. The molecule has 35 heavy (non-hydrogen) atoms. The fourth-order valence-electron chi connectivity index (χ4n) is 4.48. The van der Waals surface area contributed by atoms with Crippen LogP contribution in [0, 0.1) is 0 Å². The van der Waals surface area contributed by atoms with Crippen molar-refractivity contribution in [3.8, 4) is 11.5 Å². The van der Waals surface area contributed by atoms with E-state index >= 15 is 0 Å². The number of benzene rings is 3. The Hall–Kier alpha value is -3.49. The molecule has 0 aliphatic heterocycles. The molecule has 1 saturated carbocycles. The van der Waals surface area contributed by atoms with Gasteiger partial charge in [0.1, 0.15) is 5.52 Å². The minimum Gasteiger partial charge on any atom is -0.436 e. The van der Waals surface area contributed by atoms with E-state index in [4.69, 9.17) is 4.42 Å². The Balaban J connectivity index is 1.26. The maximum Gasteiger partial charge on any atom is 0.255 e. The first-order chi connectivity index (χ1) is 16.9. The number of rotatable bonds is 6. The van der Waals surface area contributed by atoms with Crippen molar-refractivity contribution in [2.24, 2.45) is 0 Å². The molecule has 4 aromatic rings. The lowest BCUT2D eigenvalue weighted by Crippen LogP contribution is -2.38. The molecule has 1 N–H and O–H groups in total. The summed E-state index contributed by atoms with van der Waals surface area (Å²) in [6.45, 7) is 0. The predicted molar refractivity (Wildman–Crippen MR) is 136 cm³/mol. The normalized spacial score (nSPS) is 14.9. The molecule has 8 heteroatoms. The third-order valence-electron chi connectivity index (χ3n) is 6.57. The van der Waals surface area contributed by atoms with Gasteiger partial charge < -0.3 is 9.73 Å². The molecule has 0 saturated heterocycles. The van der Waals surface area contributed by atoms with Crippen molar-refractivity contribution >= 4 is 32.7 Å². The largest absolute Gasteiger partial charge is 0.436 e. The second-order valence-electron chi connectivity index (χ2n) is 8.86. The number of sulfonamides is 1. The van der Waals surface area contributed by atoms with Gasteiger partial charge in [0.15, 0.2) is 5.58 Å². The Morgan fingerprint density at radius 3 is 2.31 bits per heavy atom. The second kappa shape index (κ2) is 9.64. The molecule has 7 nitrogen and oxygen atoms in total. The number of fused-ring (bicyclic) bond motifs is 1. The zero-order valence-electron chi connectivity index (χ0n) is 19.5. The van der Waals surface area contributed by atoms with Gasteiger partial charge in [-0.25, -0.2) is 13.4 Å². The number of amides is 1. The summed E-state index contributed by atoms with van der Waals surface area (Å²) in [6, 6.07) is 20.9. The summed E-state index contributed by atoms with van der Waals surface area (Å²) in [5.74, 6) is 0.197. The molecule has 5 rings (SSSR count). The highest BCUT2D eigenvalue weighted by Gasteiger charge is 2.29. The van der Waals surface area contributed by atoms with Crippen LogP contribution in [0.5, 0.6) is 0 Å². The number of carbonyl (C=O) groups is 1. The van der Waals surface area contributed by atoms with E-state index in [-0.39, 0.29) is 16.8 Å². The molecule has 180 valence electrons. The highest BCUT2D eigenvalue weighted by Crippen LogP contribution is 2.27. The molecule has 0 atom stereocenters. The highest BCUT2D eigenvalue weighted by atomic mass is 32.2. The molecular weight excluding hydrogens is 462 g/mol. The zero-order valence-corrected chi connectivity index (χ0v) is 20.3. The van der Waals surface area contributed by atoms with E-state index in [1.807, 2.05) is 36.4 Å². The molecule has 1 aliphatic carbocycles. The van der Waals surface area contributed by atoms with Crippen molar-refractivity contribution in [2.45, 2.75) is 43.0 Å². The Bertz CT molecular complexity index is 1410. The van der Waals surface area contributed by atoms with Gasteiger partial charge in [0, 0.05) is 29.9 Å². The molecule has 1 aliphatic rings. The smallest absolute Gasteiger partial charge is 0.255 e. The van der Waals surface area contributed by atoms with E-state index < -0.39 is 10.0 Å². The molecule has 0 unspecified atom stereocenters. The first kappa shape index (κ1) is 23.3. The zero-order chi connectivity index (χ0) is 24.4. The number of hydrogen-bond donors (Lipinski definition) is 1.